The number of ether oxygens (including phenoxy) is 6. The SMILES string of the molecule is C=C(C(=O)OC[C@@]12[C@@H](OC(C)=O)C[C@@H](C)[C@](C)(CCC3=CC(=O)OC3)[C@H]1[C@H](OC(C)=O)C[C@H](OC(C)=O)[C@]21CO1)[C@@H](C)O. The van der Waals surface area contributed by atoms with Gasteiger partial charge in [0.1, 0.15) is 37.1 Å². The third-order valence-electron chi connectivity index (χ3n) is 9.96. The first-order valence-electron chi connectivity index (χ1n) is 14.6. The van der Waals surface area contributed by atoms with Crippen molar-refractivity contribution >= 4 is 29.8 Å². The lowest BCUT2D eigenvalue weighted by Crippen LogP contribution is -2.74. The Kier molecular flexibility index (Phi) is 9.14. The van der Waals surface area contributed by atoms with Crippen molar-refractivity contribution in [2.75, 3.05) is 19.8 Å². The number of epoxide rings is 1. The zero-order valence-corrected chi connectivity index (χ0v) is 25.6. The van der Waals surface area contributed by atoms with E-state index in [1.165, 1.54) is 33.8 Å². The Hall–Kier alpha value is -3.25. The van der Waals surface area contributed by atoms with Crippen LogP contribution in [0.25, 0.3) is 0 Å². The van der Waals surface area contributed by atoms with Crippen LogP contribution in [0.1, 0.15) is 67.2 Å². The number of hydrogen-bond acceptors (Lipinski definition) is 12. The average Bonchev–Trinajstić information content (AvgIpc) is 3.60. The van der Waals surface area contributed by atoms with E-state index in [9.17, 15) is 29.1 Å². The van der Waals surface area contributed by atoms with Crippen molar-refractivity contribution in [1.82, 2.24) is 0 Å². The summed E-state index contributed by atoms with van der Waals surface area (Å²) in [5.41, 5.74) is -2.59. The van der Waals surface area contributed by atoms with E-state index in [1.807, 2.05) is 6.92 Å². The van der Waals surface area contributed by atoms with Crippen LogP contribution in [-0.4, -0.2) is 84.8 Å². The maximum absolute atomic E-state index is 13.1. The molecule has 2 aliphatic carbocycles. The van der Waals surface area contributed by atoms with Gasteiger partial charge in [-0.3, -0.25) is 14.4 Å². The van der Waals surface area contributed by atoms with Gasteiger partial charge in [-0.05, 0) is 43.1 Å². The Bertz CT molecular complexity index is 1220. The van der Waals surface area contributed by atoms with Crippen LogP contribution in [-0.2, 0) is 52.4 Å². The number of carbonyl (C=O) groups is 5. The summed E-state index contributed by atoms with van der Waals surface area (Å²) in [5.74, 6) is -3.71. The van der Waals surface area contributed by atoms with Crippen LogP contribution >= 0.6 is 0 Å². The molecule has 2 heterocycles. The second-order valence-electron chi connectivity index (χ2n) is 12.6. The van der Waals surface area contributed by atoms with Gasteiger partial charge < -0.3 is 33.5 Å². The van der Waals surface area contributed by atoms with E-state index in [0.717, 1.165) is 5.57 Å². The first-order chi connectivity index (χ1) is 20.1. The molecule has 0 radical (unpaired) electrons. The van der Waals surface area contributed by atoms with Gasteiger partial charge in [0.05, 0.1) is 23.7 Å². The van der Waals surface area contributed by atoms with Gasteiger partial charge in [-0.25, -0.2) is 9.59 Å². The van der Waals surface area contributed by atoms with Gasteiger partial charge in [0.25, 0.3) is 0 Å². The van der Waals surface area contributed by atoms with Crippen molar-refractivity contribution in [2.45, 2.75) is 97.2 Å². The molecule has 1 N–H and O–H groups in total. The zero-order chi connectivity index (χ0) is 31.9. The molecule has 12 nitrogen and oxygen atoms in total. The topological polar surface area (TPSA) is 164 Å². The molecule has 2 aliphatic heterocycles. The minimum atomic E-state index is -1.34. The highest BCUT2D eigenvalue weighted by atomic mass is 16.6. The molecule has 1 spiro atoms. The number of carbonyl (C=O) groups excluding carboxylic acids is 5. The molecule has 0 aromatic heterocycles. The minimum absolute atomic E-state index is 0.110. The van der Waals surface area contributed by atoms with Crippen LogP contribution in [0.4, 0.5) is 0 Å². The predicted molar refractivity (Wildman–Crippen MR) is 148 cm³/mol. The molecule has 0 aromatic rings. The molecule has 4 rings (SSSR count). The molecule has 9 atom stereocenters. The molecule has 3 fully saturated rings. The van der Waals surface area contributed by atoms with Crippen molar-refractivity contribution < 1.29 is 57.5 Å². The van der Waals surface area contributed by atoms with Crippen molar-refractivity contribution in [3.8, 4) is 0 Å². The minimum Gasteiger partial charge on any atom is -0.462 e. The first-order valence-corrected chi connectivity index (χ1v) is 14.6. The lowest BCUT2D eigenvalue weighted by molar-refractivity contribution is -0.275. The molecule has 0 unspecified atom stereocenters. The van der Waals surface area contributed by atoms with Gasteiger partial charge in [0.2, 0.25) is 0 Å². The molecule has 12 heteroatoms. The molecule has 0 bridgehead atoms. The summed E-state index contributed by atoms with van der Waals surface area (Å²) in [5, 5.41) is 9.99. The normalized spacial score (nSPS) is 36.9. The van der Waals surface area contributed by atoms with Crippen LogP contribution < -0.4 is 0 Å². The number of aliphatic hydroxyl groups excluding tert-OH is 1. The lowest BCUT2D eigenvalue weighted by Gasteiger charge is -2.65. The zero-order valence-electron chi connectivity index (χ0n) is 25.6. The van der Waals surface area contributed by atoms with Crippen molar-refractivity contribution in [1.29, 1.82) is 0 Å². The molecular formula is C31H42O12. The third-order valence-corrected chi connectivity index (χ3v) is 9.96. The summed E-state index contributed by atoms with van der Waals surface area (Å²) in [6, 6.07) is 0. The number of aliphatic hydroxyl groups is 1. The lowest BCUT2D eigenvalue weighted by atomic mass is 9.41. The number of rotatable bonds is 10. The molecule has 238 valence electrons. The number of esters is 5. The number of cyclic esters (lactones) is 1. The first kappa shape index (κ1) is 32.7. The number of hydrogen-bond donors (Lipinski definition) is 1. The Morgan fingerprint density at radius 2 is 1.67 bits per heavy atom. The van der Waals surface area contributed by atoms with Crippen molar-refractivity contribution in [3.05, 3.63) is 23.8 Å². The van der Waals surface area contributed by atoms with Gasteiger partial charge in [-0.15, -0.1) is 0 Å². The largest absolute Gasteiger partial charge is 0.462 e. The third kappa shape index (κ3) is 5.95. The van der Waals surface area contributed by atoms with Gasteiger partial charge in [0, 0.05) is 39.2 Å². The van der Waals surface area contributed by atoms with Gasteiger partial charge in [-0.2, -0.15) is 0 Å². The Labute approximate surface area is 251 Å². The highest BCUT2D eigenvalue weighted by Gasteiger charge is 2.81. The summed E-state index contributed by atoms with van der Waals surface area (Å²) in [7, 11) is 0. The van der Waals surface area contributed by atoms with Crippen LogP contribution in [0.15, 0.2) is 23.8 Å². The van der Waals surface area contributed by atoms with Crippen molar-refractivity contribution in [3.63, 3.8) is 0 Å². The summed E-state index contributed by atoms with van der Waals surface area (Å²) in [6.45, 7) is 12.9. The molecule has 4 aliphatic rings. The van der Waals surface area contributed by atoms with E-state index in [1.54, 1.807) is 0 Å². The van der Waals surface area contributed by atoms with E-state index >= 15 is 0 Å². The maximum Gasteiger partial charge on any atom is 0.336 e. The fourth-order valence-corrected chi connectivity index (χ4v) is 7.73. The van der Waals surface area contributed by atoms with Gasteiger partial charge in [-0.1, -0.05) is 20.4 Å². The smallest absolute Gasteiger partial charge is 0.336 e. The monoisotopic (exact) mass is 606 g/mol. The molecule has 1 saturated heterocycles. The Morgan fingerprint density at radius 3 is 2.19 bits per heavy atom. The van der Waals surface area contributed by atoms with Crippen LogP contribution in [0, 0.1) is 22.7 Å². The van der Waals surface area contributed by atoms with E-state index in [4.69, 9.17) is 28.4 Å². The number of fused-ring (bicyclic) bond motifs is 2. The Morgan fingerprint density at radius 1 is 1.07 bits per heavy atom. The van der Waals surface area contributed by atoms with E-state index < -0.39 is 76.6 Å². The maximum atomic E-state index is 13.1. The fraction of sp³-hybridized carbons (Fsp3) is 0.710. The predicted octanol–water partition coefficient (Wildman–Crippen LogP) is 2.35. The summed E-state index contributed by atoms with van der Waals surface area (Å²) in [4.78, 5) is 62.3. The molecular weight excluding hydrogens is 564 g/mol. The van der Waals surface area contributed by atoms with Crippen molar-refractivity contribution in [2.24, 2.45) is 22.7 Å². The van der Waals surface area contributed by atoms with Crippen LogP contribution in [0.5, 0.6) is 0 Å². The second-order valence-corrected chi connectivity index (χ2v) is 12.6. The van der Waals surface area contributed by atoms with Crippen LogP contribution in [0.3, 0.4) is 0 Å². The summed E-state index contributed by atoms with van der Waals surface area (Å²) in [6.07, 6.45) is -0.881. The molecule has 43 heavy (non-hydrogen) atoms. The highest BCUT2D eigenvalue weighted by molar-refractivity contribution is 5.88. The fourth-order valence-electron chi connectivity index (χ4n) is 7.73. The molecule has 0 aromatic carbocycles. The summed E-state index contributed by atoms with van der Waals surface area (Å²) < 4.78 is 34.9. The molecule has 0 amide bonds. The Balaban J connectivity index is 1.91. The average molecular weight is 607 g/mol. The van der Waals surface area contributed by atoms with Gasteiger partial charge >= 0.3 is 29.8 Å². The highest BCUT2D eigenvalue weighted by Crippen LogP contribution is 2.70. The van der Waals surface area contributed by atoms with E-state index in [2.05, 4.69) is 13.5 Å². The van der Waals surface area contributed by atoms with E-state index in [-0.39, 0.29) is 37.7 Å². The second kappa shape index (κ2) is 12.0. The quantitative estimate of drug-likeness (QED) is 0.167. The standard InChI is InChI=1S/C31H42O12/c1-16-10-24(42-20(5)34)30(14-39-28(37)17(2)18(3)32)27(29(16,7)9-8-22-11-26(36)38-13-22)23(41-19(4)33)12-25(43-21(6)35)31(30)15-40-31/h11,16,18,23-25,27,32H,2,8-10,12-15H2,1,3-7H3/t16-,18-,23-,24+,25+,27-,29+,30-,31-/m1/s1. The molecule has 2 saturated carbocycles. The summed E-state index contributed by atoms with van der Waals surface area (Å²) >= 11 is 0. The van der Waals surface area contributed by atoms with E-state index in [0.29, 0.717) is 19.3 Å². The van der Waals surface area contributed by atoms with Gasteiger partial charge in [0.15, 0.2) is 0 Å². The van der Waals surface area contributed by atoms with Crippen LogP contribution in [0.2, 0.25) is 0 Å².